The van der Waals surface area contributed by atoms with Crippen molar-refractivity contribution < 1.29 is 32.3 Å². The Morgan fingerprint density at radius 2 is 2.03 bits per heavy atom. The van der Waals surface area contributed by atoms with Gasteiger partial charge in [0.2, 0.25) is 11.8 Å². The van der Waals surface area contributed by atoms with Gasteiger partial charge in [0.1, 0.15) is 11.8 Å². The number of nitrogens with zero attached hydrogens (tertiary/aromatic N) is 1. The monoisotopic (exact) mass is 506 g/mol. The van der Waals surface area contributed by atoms with E-state index in [2.05, 4.69) is 15.6 Å². The minimum Gasteiger partial charge on any atom is -0.496 e. The van der Waals surface area contributed by atoms with Crippen LogP contribution in [0.1, 0.15) is 55.6 Å². The number of Topliss-reactive ketones (excluding diaryl/α,β-unsaturated/α-hetero) is 1. The number of nitrogens with one attached hydrogen (secondary N) is 3. The summed E-state index contributed by atoms with van der Waals surface area (Å²) in [6.07, 6.45) is -4.43. The number of ketones is 1. The minimum atomic E-state index is -4.85. The molecule has 8 nitrogen and oxygen atoms in total. The molecular weight excluding hydrogens is 477 g/mol. The normalized spacial score (nSPS) is 17.5. The standard InChI is InChI=1S/C25H29F3N4O4/c1-13(2)9-15(24(35)31-16(12-29)10-14-7-8-30-23(14)34)11-18(33)22-21(25(26,27)28)20-17(32-22)5-4-6-19(20)36-3/h4-6,13-16,32H,7-11H2,1-3H3,(H,30,34)(H,31,35)/t14-,15+,16-/m0/s1. The van der Waals surface area contributed by atoms with Crippen molar-refractivity contribution in [1.82, 2.24) is 15.6 Å². The number of alkyl halides is 3. The molecule has 3 rings (SSSR count). The van der Waals surface area contributed by atoms with Gasteiger partial charge in [-0.3, -0.25) is 14.4 Å². The number of nitriles is 1. The van der Waals surface area contributed by atoms with Gasteiger partial charge in [0.15, 0.2) is 5.78 Å². The first-order valence-electron chi connectivity index (χ1n) is 11.7. The van der Waals surface area contributed by atoms with E-state index in [9.17, 15) is 32.8 Å². The molecule has 2 heterocycles. The number of carbonyl (C=O) groups excluding carboxylic acids is 3. The Labute approximate surface area is 206 Å². The highest BCUT2D eigenvalue weighted by molar-refractivity contribution is 6.05. The molecule has 0 saturated carbocycles. The van der Waals surface area contributed by atoms with Gasteiger partial charge in [-0.25, -0.2) is 0 Å². The van der Waals surface area contributed by atoms with Gasteiger partial charge in [-0.2, -0.15) is 18.4 Å². The molecule has 0 unspecified atom stereocenters. The third-order valence-corrected chi connectivity index (χ3v) is 6.28. The zero-order chi connectivity index (χ0) is 26.6. The van der Waals surface area contributed by atoms with Crippen LogP contribution in [0.5, 0.6) is 5.75 Å². The Bertz CT molecular complexity index is 1180. The van der Waals surface area contributed by atoms with Crippen LogP contribution in [0, 0.1) is 29.1 Å². The Morgan fingerprint density at radius 3 is 2.58 bits per heavy atom. The second kappa shape index (κ2) is 11.0. The Balaban J connectivity index is 1.87. The number of hydrogen-bond acceptors (Lipinski definition) is 5. The van der Waals surface area contributed by atoms with Gasteiger partial charge >= 0.3 is 6.18 Å². The van der Waals surface area contributed by atoms with Gasteiger partial charge in [0.25, 0.3) is 0 Å². The van der Waals surface area contributed by atoms with Crippen LogP contribution in [-0.4, -0.2) is 42.3 Å². The molecule has 2 amide bonds. The largest absolute Gasteiger partial charge is 0.496 e. The molecule has 1 aromatic carbocycles. The molecule has 1 saturated heterocycles. The molecule has 1 aromatic heterocycles. The molecule has 0 bridgehead atoms. The number of aromatic nitrogens is 1. The highest BCUT2D eigenvalue weighted by atomic mass is 19.4. The van der Waals surface area contributed by atoms with E-state index in [-0.39, 0.29) is 41.3 Å². The van der Waals surface area contributed by atoms with Gasteiger partial charge in [0.05, 0.1) is 35.3 Å². The third-order valence-electron chi connectivity index (χ3n) is 6.28. The molecule has 194 valence electrons. The summed E-state index contributed by atoms with van der Waals surface area (Å²) in [7, 11) is 1.24. The summed E-state index contributed by atoms with van der Waals surface area (Å²) in [4.78, 5) is 40.7. The van der Waals surface area contributed by atoms with E-state index >= 15 is 0 Å². The molecule has 3 atom stereocenters. The number of aromatic amines is 1. The summed E-state index contributed by atoms with van der Waals surface area (Å²) in [6, 6.07) is 5.31. The van der Waals surface area contributed by atoms with Crippen LogP contribution in [0.3, 0.4) is 0 Å². The van der Waals surface area contributed by atoms with Gasteiger partial charge in [-0.1, -0.05) is 19.9 Å². The number of fused-ring (bicyclic) bond motifs is 1. The second-order valence-corrected chi connectivity index (χ2v) is 9.41. The molecule has 11 heteroatoms. The first-order valence-corrected chi connectivity index (χ1v) is 11.7. The number of hydrogen-bond donors (Lipinski definition) is 3. The zero-order valence-electron chi connectivity index (χ0n) is 20.3. The quantitative estimate of drug-likeness (QED) is 0.421. The summed E-state index contributed by atoms with van der Waals surface area (Å²) in [6.45, 7) is 4.14. The number of amides is 2. The summed E-state index contributed by atoms with van der Waals surface area (Å²) < 4.78 is 47.3. The van der Waals surface area contributed by atoms with Crippen molar-refractivity contribution in [2.75, 3.05) is 13.7 Å². The van der Waals surface area contributed by atoms with Crippen molar-refractivity contribution in [3.05, 3.63) is 29.5 Å². The number of rotatable bonds is 10. The minimum absolute atomic E-state index is 0.0283. The average Bonchev–Trinajstić information content (AvgIpc) is 3.40. The van der Waals surface area contributed by atoms with E-state index in [1.165, 1.54) is 25.3 Å². The predicted molar refractivity (Wildman–Crippen MR) is 125 cm³/mol. The average molecular weight is 507 g/mol. The predicted octanol–water partition coefficient (Wildman–Crippen LogP) is 3.96. The molecule has 1 fully saturated rings. The molecule has 0 aliphatic carbocycles. The van der Waals surface area contributed by atoms with Gasteiger partial charge in [-0.15, -0.1) is 0 Å². The number of carbonyl (C=O) groups is 3. The van der Waals surface area contributed by atoms with Gasteiger partial charge in [-0.05, 0) is 37.3 Å². The maximum Gasteiger partial charge on any atom is 0.419 e. The van der Waals surface area contributed by atoms with Gasteiger partial charge in [0, 0.05) is 24.8 Å². The lowest BCUT2D eigenvalue weighted by Crippen LogP contribution is -2.41. The number of H-pyrrole nitrogens is 1. The van der Waals surface area contributed by atoms with E-state index in [0.717, 1.165) is 0 Å². The van der Waals surface area contributed by atoms with Crippen molar-refractivity contribution in [2.24, 2.45) is 17.8 Å². The number of ether oxygens (including phenoxy) is 1. The van der Waals surface area contributed by atoms with Gasteiger partial charge < -0.3 is 20.4 Å². The maximum absolute atomic E-state index is 14.1. The van der Waals surface area contributed by atoms with Crippen LogP contribution in [0.25, 0.3) is 10.9 Å². The summed E-state index contributed by atoms with van der Waals surface area (Å²) in [5.41, 5.74) is -1.68. The van der Waals surface area contributed by atoms with Crippen LogP contribution >= 0.6 is 0 Å². The first kappa shape index (κ1) is 27.0. The molecule has 0 spiro atoms. The highest BCUT2D eigenvalue weighted by Crippen LogP contribution is 2.42. The van der Waals surface area contributed by atoms with Crippen LogP contribution in [0.4, 0.5) is 13.2 Å². The lowest BCUT2D eigenvalue weighted by Gasteiger charge is -2.21. The van der Waals surface area contributed by atoms with E-state index < -0.39 is 53.4 Å². The van der Waals surface area contributed by atoms with Crippen LogP contribution < -0.4 is 15.4 Å². The summed E-state index contributed by atoms with van der Waals surface area (Å²) in [5, 5.41) is 14.5. The van der Waals surface area contributed by atoms with Crippen molar-refractivity contribution in [3.8, 4) is 11.8 Å². The molecular formula is C25H29F3N4O4. The smallest absolute Gasteiger partial charge is 0.419 e. The number of benzene rings is 1. The Kier molecular flexibility index (Phi) is 8.28. The van der Waals surface area contributed by atoms with Crippen LogP contribution in [-0.2, 0) is 15.8 Å². The van der Waals surface area contributed by atoms with Crippen LogP contribution in [0.15, 0.2) is 18.2 Å². The molecule has 2 aromatic rings. The topological polar surface area (TPSA) is 124 Å². The van der Waals surface area contributed by atoms with E-state index in [1.54, 1.807) is 0 Å². The fraction of sp³-hybridized carbons (Fsp3) is 0.520. The molecule has 36 heavy (non-hydrogen) atoms. The van der Waals surface area contributed by atoms with Crippen molar-refractivity contribution >= 4 is 28.5 Å². The van der Waals surface area contributed by atoms with E-state index in [0.29, 0.717) is 13.0 Å². The Morgan fingerprint density at radius 1 is 1.31 bits per heavy atom. The highest BCUT2D eigenvalue weighted by Gasteiger charge is 2.41. The van der Waals surface area contributed by atoms with Crippen molar-refractivity contribution in [2.45, 2.75) is 51.7 Å². The second-order valence-electron chi connectivity index (χ2n) is 9.41. The molecule has 3 N–H and O–H groups in total. The maximum atomic E-state index is 14.1. The van der Waals surface area contributed by atoms with Crippen LogP contribution in [0.2, 0.25) is 0 Å². The number of halogens is 3. The zero-order valence-corrected chi connectivity index (χ0v) is 20.3. The lowest BCUT2D eigenvalue weighted by atomic mass is 9.89. The SMILES string of the molecule is COc1cccc2[nH]c(C(=O)C[C@@H](CC(C)C)C(=O)N[C@H](C#N)C[C@@H]3CCNC3=O)c(C(F)(F)F)c12. The third kappa shape index (κ3) is 5.98. The fourth-order valence-corrected chi connectivity index (χ4v) is 4.64. The fourth-order valence-electron chi connectivity index (χ4n) is 4.64. The first-order chi connectivity index (χ1) is 17.0. The summed E-state index contributed by atoms with van der Waals surface area (Å²) >= 11 is 0. The van der Waals surface area contributed by atoms with Crippen molar-refractivity contribution in [3.63, 3.8) is 0 Å². The molecule has 1 aliphatic rings. The summed E-state index contributed by atoms with van der Waals surface area (Å²) in [5.74, 6) is -3.10. The molecule has 0 radical (unpaired) electrons. The van der Waals surface area contributed by atoms with E-state index in [4.69, 9.17) is 4.74 Å². The number of methoxy groups -OCH3 is 1. The van der Waals surface area contributed by atoms with E-state index in [1.807, 2.05) is 19.9 Å². The molecule has 1 aliphatic heterocycles. The Hall–Kier alpha value is -3.55. The van der Waals surface area contributed by atoms with Crippen molar-refractivity contribution in [1.29, 1.82) is 5.26 Å². The lowest BCUT2D eigenvalue weighted by molar-refractivity contribution is -0.136.